The molecule has 2 nitrogen and oxygen atoms in total. The molecule has 0 aromatic rings. The molecule has 0 aromatic carbocycles. The fourth-order valence-corrected chi connectivity index (χ4v) is 0. The molecule has 7 heavy (non-hydrogen) atoms. The van der Waals surface area contributed by atoms with E-state index in [-0.39, 0.29) is 16.5 Å². The topological polar surface area (TPSA) is 44.6 Å². The maximum absolute atomic E-state index is 7.13. The summed E-state index contributed by atoms with van der Waals surface area (Å²) in [5.74, 6) is 0. The first-order chi connectivity index (χ1) is 2.83. The van der Waals surface area contributed by atoms with Gasteiger partial charge in [0.15, 0.2) is 0 Å². The minimum absolute atomic E-state index is 0. The van der Waals surface area contributed by atoms with Crippen LogP contribution in [0.4, 0.5) is 0 Å². The maximum atomic E-state index is 7.13. The molecule has 0 rings (SSSR count). The molecule has 0 amide bonds. The monoisotopic (exact) mass is 174 g/mol. The minimum atomic E-state index is 0. The quantitative estimate of drug-likeness (QED) is 0.316. The van der Waals surface area contributed by atoms with Crippen LogP contribution in [0.25, 0.3) is 10.8 Å². The first-order valence-corrected chi connectivity index (χ1v) is 1.67. The Balaban J connectivity index is -0.0000000400. The molecule has 0 aliphatic rings. The SMILES string of the molecule is [N-]=C=S.[N-]=C=S.[Ni+2]. The van der Waals surface area contributed by atoms with Crippen LogP contribution in [0, 0.1) is 0 Å². The molecule has 0 saturated heterocycles. The van der Waals surface area contributed by atoms with E-state index in [1.54, 1.807) is 0 Å². The Morgan fingerprint density at radius 2 is 1.00 bits per heavy atom. The van der Waals surface area contributed by atoms with Crippen LogP contribution in [0.2, 0.25) is 0 Å². The molecule has 0 radical (unpaired) electrons. The number of thiocarbonyl (C=S) groups is 2. The molecule has 5 heteroatoms. The van der Waals surface area contributed by atoms with E-state index in [4.69, 9.17) is 10.8 Å². The van der Waals surface area contributed by atoms with Crippen molar-refractivity contribution in [3.63, 3.8) is 0 Å². The van der Waals surface area contributed by atoms with E-state index in [2.05, 4.69) is 24.4 Å². The third-order valence-electron chi connectivity index (χ3n) is 0. The van der Waals surface area contributed by atoms with Gasteiger partial charge in [0, 0.05) is 0 Å². The molecule has 0 aliphatic carbocycles. The van der Waals surface area contributed by atoms with E-state index >= 15 is 0 Å². The second-order valence-electron chi connectivity index (χ2n) is 0.183. The Kier molecular flexibility index (Phi) is 81.0. The van der Waals surface area contributed by atoms with Gasteiger partial charge in [0.25, 0.3) is 0 Å². The van der Waals surface area contributed by atoms with Gasteiger partial charge in [-0.2, -0.15) is 10.3 Å². The van der Waals surface area contributed by atoms with Gasteiger partial charge in [0.05, 0.1) is 0 Å². The Morgan fingerprint density at radius 3 is 1.00 bits per heavy atom. The van der Waals surface area contributed by atoms with Crippen LogP contribution in [0.15, 0.2) is 0 Å². The molecular formula is C2N2NiS2. The van der Waals surface area contributed by atoms with Crippen molar-refractivity contribution in [2.45, 2.75) is 0 Å². The van der Waals surface area contributed by atoms with Gasteiger partial charge in [-0.1, -0.05) is 24.4 Å². The van der Waals surface area contributed by atoms with Crippen molar-refractivity contribution in [3.8, 4) is 0 Å². The van der Waals surface area contributed by atoms with E-state index in [1.807, 2.05) is 0 Å². The molecule has 0 heterocycles. The average molecular weight is 175 g/mol. The molecule has 0 aromatic heterocycles. The van der Waals surface area contributed by atoms with Crippen LogP contribution in [0.3, 0.4) is 0 Å². The molecule has 40 valence electrons. The van der Waals surface area contributed by atoms with Gasteiger partial charge in [0.1, 0.15) is 0 Å². The standard InChI is InChI=1S/2CNS.Ni/c2*2-1-3;/q2*-1;+2. The number of hydrogen-bond acceptors (Lipinski definition) is 2. The van der Waals surface area contributed by atoms with Gasteiger partial charge in [0.2, 0.25) is 0 Å². The number of isothiocyanates is 2. The van der Waals surface area contributed by atoms with E-state index < -0.39 is 0 Å². The van der Waals surface area contributed by atoms with Crippen molar-refractivity contribution in [1.82, 2.24) is 0 Å². The summed E-state index contributed by atoms with van der Waals surface area (Å²) in [6, 6.07) is 0. The predicted octanol–water partition coefficient (Wildman–Crippen LogP) is 1.31. The molecule has 0 N–H and O–H groups in total. The summed E-state index contributed by atoms with van der Waals surface area (Å²) in [5.41, 5.74) is 0. The van der Waals surface area contributed by atoms with Crippen LogP contribution >= 0.6 is 24.4 Å². The van der Waals surface area contributed by atoms with Crippen molar-refractivity contribution in [1.29, 1.82) is 0 Å². The van der Waals surface area contributed by atoms with Crippen molar-refractivity contribution >= 4 is 34.8 Å². The summed E-state index contributed by atoms with van der Waals surface area (Å²) in [4.78, 5) is 0. The van der Waals surface area contributed by atoms with Crippen molar-refractivity contribution in [2.75, 3.05) is 0 Å². The summed E-state index contributed by atoms with van der Waals surface area (Å²) in [6.45, 7) is 0. The molecule has 0 bridgehead atoms. The van der Waals surface area contributed by atoms with Crippen LogP contribution < -0.4 is 0 Å². The van der Waals surface area contributed by atoms with Gasteiger partial charge < -0.3 is 10.8 Å². The fraction of sp³-hybridized carbons (Fsp3) is 0. The number of nitrogens with zero attached hydrogens (tertiary/aromatic N) is 2. The van der Waals surface area contributed by atoms with Gasteiger partial charge in [-0.05, 0) is 0 Å². The third kappa shape index (κ3) is 11700. The van der Waals surface area contributed by atoms with Gasteiger partial charge in [-0.3, -0.25) is 0 Å². The van der Waals surface area contributed by atoms with Gasteiger partial charge in [-0.15, -0.1) is 0 Å². The van der Waals surface area contributed by atoms with E-state index in [9.17, 15) is 0 Å². The molecule has 0 aliphatic heterocycles. The Morgan fingerprint density at radius 1 is 1.00 bits per heavy atom. The molecule has 0 spiro atoms. The normalized spacial score (nSPS) is 2.29. The Labute approximate surface area is 62.2 Å². The van der Waals surface area contributed by atoms with E-state index in [0.29, 0.717) is 0 Å². The van der Waals surface area contributed by atoms with E-state index in [0.717, 1.165) is 0 Å². The Bertz CT molecular complexity index is 67.7. The fourth-order valence-electron chi connectivity index (χ4n) is 0. The maximum Gasteiger partial charge on any atom is 2.00 e. The van der Waals surface area contributed by atoms with Crippen molar-refractivity contribution in [3.05, 3.63) is 10.8 Å². The Hall–Kier alpha value is 0.0935. The largest absolute Gasteiger partial charge is 2.00 e. The molecular weight excluding hydrogens is 175 g/mol. The zero-order chi connectivity index (χ0) is 5.41. The zero-order valence-corrected chi connectivity index (χ0v) is 5.65. The third-order valence-corrected chi connectivity index (χ3v) is 0. The smallest absolute Gasteiger partial charge is 0.753 e. The van der Waals surface area contributed by atoms with E-state index in [1.165, 1.54) is 10.3 Å². The van der Waals surface area contributed by atoms with Crippen LogP contribution in [0.5, 0.6) is 0 Å². The molecule has 0 fully saturated rings. The summed E-state index contributed by atoms with van der Waals surface area (Å²) >= 11 is 7.40. The first kappa shape index (κ1) is 15.7. The van der Waals surface area contributed by atoms with Gasteiger partial charge >= 0.3 is 16.5 Å². The van der Waals surface area contributed by atoms with Crippen LogP contribution in [-0.4, -0.2) is 10.3 Å². The van der Waals surface area contributed by atoms with Crippen molar-refractivity contribution in [2.24, 2.45) is 0 Å². The molecule has 0 saturated carbocycles. The second-order valence-corrected chi connectivity index (χ2v) is 0.548. The van der Waals surface area contributed by atoms with Crippen molar-refractivity contribution < 1.29 is 16.5 Å². The summed E-state index contributed by atoms with van der Waals surface area (Å²) in [6.07, 6.45) is 0. The second kappa shape index (κ2) is 36.1. The zero-order valence-electron chi connectivity index (χ0n) is 3.03. The van der Waals surface area contributed by atoms with Crippen LogP contribution in [0.1, 0.15) is 0 Å². The predicted molar refractivity (Wildman–Crippen MR) is 31.9 cm³/mol. The summed E-state index contributed by atoms with van der Waals surface area (Å²) in [7, 11) is 0. The minimum Gasteiger partial charge on any atom is -0.753 e. The molecule has 0 unspecified atom stereocenters. The average Bonchev–Trinajstić information content (AvgIpc) is 1.39. The molecule has 0 atom stereocenters. The number of hydrogen-bond donors (Lipinski definition) is 0. The summed E-state index contributed by atoms with van der Waals surface area (Å²) in [5, 5.41) is 16.9. The van der Waals surface area contributed by atoms with Gasteiger partial charge in [-0.25, -0.2) is 0 Å². The number of rotatable bonds is 0. The summed E-state index contributed by atoms with van der Waals surface area (Å²) < 4.78 is 0. The van der Waals surface area contributed by atoms with Crippen LogP contribution in [-0.2, 0) is 16.5 Å². The first-order valence-electron chi connectivity index (χ1n) is 0.855.